The third kappa shape index (κ3) is 15.4. The number of benzene rings is 1. The van der Waals surface area contributed by atoms with E-state index >= 15 is 0 Å². The molecule has 1 aromatic carbocycles. The van der Waals surface area contributed by atoms with Crippen LogP contribution < -0.4 is 43.8 Å². The zero-order chi connectivity index (χ0) is 45.9. The number of hydrogen-bond acceptors (Lipinski definition) is 11. The van der Waals surface area contributed by atoms with Gasteiger partial charge in [0, 0.05) is 44.4 Å². The highest BCUT2D eigenvalue weighted by Gasteiger charge is 2.40. The molecule has 0 unspecified atom stereocenters. The predicted molar refractivity (Wildman–Crippen MR) is 228 cm³/mol. The van der Waals surface area contributed by atoms with Gasteiger partial charge in [0.05, 0.1) is 12.4 Å². The number of aliphatic hydroxyl groups excluding tert-OH is 1. The van der Waals surface area contributed by atoms with Gasteiger partial charge < -0.3 is 63.9 Å². The van der Waals surface area contributed by atoms with Crippen molar-refractivity contribution in [1.82, 2.24) is 41.5 Å². The minimum atomic E-state index is -1.33. The second-order valence-electron chi connectivity index (χ2n) is 15.9. The number of aliphatic carboxylic acids is 1. The number of aliphatic hydroxyl groups is 1. The molecule has 0 aliphatic carbocycles. The Kier molecular flexibility index (Phi) is 20.3. The molecule has 0 radical (unpaired) electrons. The summed E-state index contributed by atoms with van der Waals surface area (Å²) in [4.78, 5) is 107. The third-order valence-corrected chi connectivity index (χ3v) is 10.7. The van der Waals surface area contributed by atoms with Crippen molar-refractivity contribution >= 4 is 47.4 Å². The van der Waals surface area contributed by atoms with Crippen molar-refractivity contribution in [2.24, 2.45) is 34.0 Å². The van der Waals surface area contributed by atoms with Crippen molar-refractivity contribution < 1.29 is 43.8 Å². The number of carbonyl (C=O) groups is 7. The number of guanidine groups is 1. The Morgan fingerprint density at radius 2 is 1.53 bits per heavy atom. The van der Waals surface area contributed by atoms with Crippen LogP contribution in [0.4, 0.5) is 0 Å². The topological polar surface area (TPSA) is 342 Å². The Morgan fingerprint density at radius 1 is 0.871 bits per heavy atom. The van der Waals surface area contributed by atoms with E-state index in [1.165, 1.54) is 17.4 Å². The van der Waals surface area contributed by atoms with Crippen LogP contribution in [-0.4, -0.2) is 134 Å². The summed E-state index contributed by atoms with van der Waals surface area (Å²) in [5.74, 6) is -6.36. The molecule has 0 spiro atoms. The van der Waals surface area contributed by atoms with Crippen molar-refractivity contribution in [3.63, 3.8) is 0 Å². The summed E-state index contributed by atoms with van der Waals surface area (Å²) < 4.78 is 0. The van der Waals surface area contributed by atoms with Gasteiger partial charge in [-0.1, -0.05) is 64.4 Å². The summed E-state index contributed by atoms with van der Waals surface area (Å²) in [5.41, 5.74) is 17.9. The van der Waals surface area contributed by atoms with Gasteiger partial charge in [-0.2, -0.15) is 0 Å². The number of aromatic amines is 1. The minimum absolute atomic E-state index is 0.0277. The average molecular weight is 869 g/mol. The molecule has 21 heteroatoms. The van der Waals surface area contributed by atoms with Crippen LogP contribution in [0.5, 0.6) is 0 Å². The zero-order valence-corrected chi connectivity index (χ0v) is 35.8. The van der Waals surface area contributed by atoms with E-state index in [0.29, 0.717) is 30.5 Å². The second-order valence-corrected chi connectivity index (χ2v) is 15.9. The number of carboxylic acid groups (broad SMARTS) is 1. The lowest BCUT2D eigenvalue weighted by molar-refractivity contribution is -0.145. The largest absolute Gasteiger partial charge is 0.480 e. The van der Waals surface area contributed by atoms with E-state index < -0.39 is 102 Å². The van der Waals surface area contributed by atoms with Crippen LogP contribution in [0.25, 0.3) is 0 Å². The molecule has 2 heterocycles. The standard InChI is InChI=1S/C41H64N12O9/c1-5-24(4)33(52-35(56)28(15-18-54)48-37(58)32(23(2)3)51-34(55)27(42)13-9-16-46-41(43)44)38(59)49-29(20-26-21-45-22-47-26)39(60)53-17-10-14-31(53)36(57)50-30(40(61)62)19-25-11-7-6-8-12-25/h6-8,11-12,21-24,27-33,54H,5,9-10,13-20,42H2,1-4H3,(H,45,47)(H,48,58)(H,49,59)(H,50,57)(H,51,55)(H,52,56)(H,61,62)(H4,43,44,46)/t24-,27-,28-,29-,30-,31-,32-,33-/m0/s1. The Morgan fingerprint density at radius 3 is 2.13 bits per heavy atom. The quantitative estimate of drug-likeness (QED) is 0.0297. The molecule has 342 valence electrons. The number of amides is 6. The number of rotatable bonds is 25. The maximum atomic E-state index is 14.3. The number of likely N-dealkylation sites (tertiary alicyclic amines) is 1. The summed E-state index contributed by atoms with van der Waals surface area (Å²) >= 11 is 0. The Hall–Kier alpha value is -6.09. The van der Waals surface area contributed by atoms with Crippen molar-refractivity contribution in [3.05, 3.63) is 54.1 Å². The van der Waals surface area contributed by atoms with E-state index in [9.17, 15) is 43.8 Å². The molecule has 1 fully saturated rings. The number of nitrogens with two attached hydrogens (primary N) is 3. The lowest BCUT2D eigenvalue weighted by Gasteiger charge is -2.32. The summed E-state index contributed by atoms with van der Waals surface area (Å²) in [5, 5.41) is 33.1. The number of H-pyrrole nitrogens is 1. The van der Waals surface area contributed by atoms with Gasteiger partial charge in [0.25, 0.3) is 0 Å². The highest BCUT2D eigenvalue weighted by atomic mass is 16.4. The summed E-state index contributed by atoms with van der Waals surface area (Å²) in [6.45, 7) is 6.81. The van der Waals surface area contributed by atoms with Crippen molar-refractivity contribution in [2.45, 2.75) is 121 Å². The first-order chi connectivity index (χ1) is 29.5. The Labute approximate surface area is 361 Å². The number of carbonyl (C=O) groups excluding carboxylic acids is 6. The van der Waals surface area contributed by atoms with Crippen LogP contribution in [-0.2, 0) is 46.4 Å². The molecule has 21 nitrogen and oxygen atoms in total. The average Bonchev–Trinajstić information content (AvgIpc) is 3.95. The molecule has 62 heavy (non-hydrogen) atoms. The number of carboxylic acids is 1. The maximum absolute atomic E-state index is 14.3. The van der Waals surface area contributed by atoms with Gasteiger partial charge in [-0.25, -0.2) is 9.78 Å². The smallest absolute Gasteiger partial charge is 0.326 e. The number of hydrogen-bond donors (Lipinski definition) is 11. The van der Waals surface area contributed by atoms with E-state index in [1.54, 1.807) is 58.0 Å². The molecule has 0 bridgehead atoms. The predicted octanol–water partition coefficient (Wildman–Crippen LogP) is -1.84. The molecule has 0 saturated carbocycles. The van der Waals surface area contributed by atoms with Crippen LogP contribution in [0.2, 0.25) is 0 Å². The molecule has 1 saturated heterocycles. The third-order valence-electron chi connectivity index (χ3n) is 10.7. The van der Waals surface area contributed by atoms with Gasteiger partial charge >= 0.3 is 5.97 Å². The number of aromatic nitrogens is 2. The minimum Gasteiger partial charge on any atom is -0.480 e. The first-order valence-electron chi connectivity index (χ1n) is 20.9. The van der Waals surface area contributed by atoms with E-state index in [2.05, 4.69) is 41.5 Å². The maximum Gasteiger partial charge on any atom is 0.326 e. The second kappa shape index (κ2) is 25.0. The fourth-order valence-corrected chi connectivity index (χ4v) is 6.96. The van der Waals surface area contributed by atoms with Gasteiger partial charge in [-0.3, -0.25) is 33.8 Å². The fraction of sp³-hybridized carbons (Fsp3) is 0.585. The number of imidazole rings is 1. The van der Waals surface area contributed by atoms with Crippen LogP contribution in [0.1, 0.15) is 77.5 Å². The summed E-state index contributed by atoms with van der Waals surface area (Å²) in [7, 11) is 0. The Bertz CT molecular complexity index is 1820. The van der Waals surface area contributed by atoms with Gasteiger partial charge in [0.1, 0.15) is 36.3 Å². The zero-order valence-electron chi connectivity index (χ0n) is 35.8. The molecule has 6 amide bonds. The molecular weight excluding hydrogens is 805 g/mol. The molecule has 14 N–H and O–H groups in total. The van der Waals surface area contributed by atoms with Gasteiger partial charge in [0.2, 0.25) is 35.4 Å². The molecular formula is C41H64N12O9. The molecule has 1 aliphatic heterocycles. The lowest BCUT2D eigenvalue weighted by atomic mass is 9.96. The van der Waals surface area contributed by atoms with Crippen molar-refractivity contribution in [2.75, 3.05) is 19.7 Å². The van der Waals surface area contributed by atoms with E-state index in [4.69, 9.17) is 17.2 Å². The normalized spacial score (nSPS) is 17.0. The van der Waals surface area contributed by atoms with E-state index in [-0.39, 0.29) is 51.2 Å². The Balaban J connectivity index is 1.77. The first-order valence-corrected chi connectivity index (χ1v) is 20.9. The lowest BCUT2D eigenvalue weighted by Crippen LogP contribution is -2.61. The summed E-state index contributed by atoms with van der Waals surface area (Å²) in [6, 6.07) is 0.642. The highest BCUT2D eigenvalue weighted by molar-refractivity contribution is 5.97. The monoisotopic (exact) mass is 868 g/mol. The molecule has 1 aromatic heterocycles. The SMILES string of the molecule is CC[C@H](C)[C@H](NC(=O)[C@H](CCO)NC(=O)[C@@H](NC(=O)[C@@H](N)CCCN=C(N)N)C(C)C)C(=O)N[C@@H](Cc1cnc[nH]1)C(=O)N1CCC[C@H]1C(=O)N[C@@H](Cc1ccccc1)C(=O)O. The molecule has 8 atom stereocenters. The number of nitrogens with one attached hydrogen (secondary N) is 6. The molecule has 2 aromatic rings. The van der Waals surface area contributed by atoms with Gasteiger partial charge in [-0.05, 0) is 49.5 Å². The van der Waals surface area contributed by atoms with Crippen LogP contribution in [0.3, 0.4) is 0 Å². The van der Waals surface area contributed by atoms with Crippen molar-refractivity contribution in [1.29, 1.82) is 0 Å². The van der Waals surface area contributed by atoms with E-state index in [1.807, 2.05) is 0 Å². The number of nitrogens with zero attached hydrogens (tertiary/aromatic N) is 3. The van der Waals surface area contributed by atoms with Crippen LogP contribution in [0.15, 0.2) is 47.8 Å². The number of aliphatic imine (C=N–C) groups is 1. The first kappa shape index (κ1) is 50.3. The van der Waals surface area contributed by atoms with Crippen LogP contribution >= 0.6 is 0 Å². The van der Waals surface area contributed by atoms with Crippen LogP contribution in [0, 0.1) is 11.8 Å². The van der Waals surface area contributed by atoms with Gasteiger partial charge in [-0.15, -0.1) is 0 Å². The fourth-order valence-electron chi connectivity index (χ4n) is 6.96. The summed E-state index contributed by atoms with van der Waals surface area (Å²) in [6.07, 6.45) is 4.37. The molecule has 3 rings (SSSR count). The highest BCUT2D eigenvalue weighted by Crippen LogP contribution is 2.21. The molecule has 1 aliphatic rings. The van der Waals surface area contributed by atoms with Crippen molar-refractivity contribution in [3.8, 4) is 0 Å². The van der Waals surface area contributed by atoms with E-state index in [0.717, 1.165) is 0 Å². The van der Waals surface area contributed by atoms with Gasteiger partial charge in [0.15, 0.2) is 5.96 Å².